The Kier molecular flexibility index (Phi) is 8.94. The molecule has 8 atom stereocenters. The van der Waals surface area contributed by atoms with Crippen LogP contribution >= 0.6 is 0 Å². The number of piperazine rings is 1. The van der Waals surface area contributed by atoms with Gasteiger partial charge in [-0.1, -0.05) is 32.6 Å². The lowest BCUT2D eigenvalue weighted by atomic mass is 9.73. The number of carbonyl (C=O) groups excluding carboxylic acids is 1. The van der Waals surface area contributed by atoms with E-state index < -0.39 is 24.2 Å². The highest BCUT2D eigenvalue weighted by Crippen LogP contribution is 2.42. The van der Waals surface area contributed by atoms with Crippen molar-refractivity contribution in [3.05, 3.63) is 0 Å². The van der Waals surface area contributed by atoms with Gasteiger partial charge in [0.2, 0.25) is 5.91 Å². The number of nitrogens with zero attached hydrogens (tertiary/aromatic N) is 3. The fourth-order valence-electron chi connectivity index (χ4n) is 8.11. The second-order valence-electron chi connectivity index (χ2n) is 13.0. The molecule has 36 heavy (non-hydrogen) atoms. The van der Waals surface area contributed by atoms with Crippen molar-refractivity contribution in [2.75, 3.05) is 59.5 Å². The van der Waals surface area contributed by atoms with Crippen molar-refractivity contribution in [2.24, 2.45) is 35.5 Å². The number of aliphatic hydroxyl groups is 2. The van der Waals surface area contributed by atoms with Crippen LogP contribution in [0.3, 0.4) is 0 Å². The quantitative estimate of drug-likeness (QED) is 0.578. The lowest BCUT2D eigenvalue weighted by molar-refractivity contribution is -0.169. The Bertz CT molecular complexity index is 723. The number of carbonyl (C=O) groups is 1. The maximum absolute atomic E-state index is 14.0. The van der Waals surface area contributed by atoms with E-state index in [9.17, 15) is 15.0 Å². The monoisotopic (exact) mass is 505 g/mol. The van der Waals surface area contributed by atoms with Crippen molar-refractivity contribution in [3.63, 3.8) is 0 Å². The number of fused-ring (bicyclic) bond motifs is 1. The highest BCUT2D eigenvalue weighted by Gasteiger charge is 2.50. The maximum atomic E-state index is 14.0. The summed E-state index contributed by atoms with van der Waals surface area (Å²) in [6.07, 6.45) is 8.39. The van der Waals surface area contributed by atoms with Crippen molar-refractivity contribution < 1.29 is 19.7 Å². The zero-order chi connectivity index (χ0) is 25.2. The third kappa shape index (κ3) is 5.96. The molecule has 0 aromatic rings. The Labute approximate surface area is 218 Å². The van der Waals surface area contributed by atoms with Gasteiger partial charge in [-0.05, 0) is 56.4 Å². The van der Waals surface area contributed by atoms with E-state index in [0.717, 1.165) is 39.3 Å². The highest BCUT2D eigenvalue weighted by molar-refractivity contribution is 5.80. The van der Waals surface area contributed by atoms with Crippen LogP contribution in [0.5, 0.6) is 0 Å². The standard InChI is InChI=1S/C29H51N3O4/c1-20-25(33)15-26(34)27(28(20)36-19-21-7-4-3-5-8-21)29(35)32-17-23-10-6-9-22(24(23)18-32)16-31-13-11-30(2)12-14-31/h20-28,33-34H,3-19H2,1-2H3. The number of hydrogen-bond acceptors (Lipinski definition) is 6. The van der Waals surface area contributed by atoms with Crippen molar-refractivity contribution in [2.45, 2.75) is 83.0 Å². The summed E-state index contributed by atoms with van der Waals surface area (Å²) in [6.45, 7) is 10.1. The highest BCUT2D eigenvalue weighted by atomic mass is 16.5. The van der Waals surface area contributed by atoms with Crippen LogP contribution in [-0.2, 0) is 9.53 Å². The van der Waals surface area contributed by atoms with Gasteiger partial charge in [0.15, 0.2) is 0 Å². The summed E-state index contributed by atoms with van der Waals surface area (Å²) in [7, 11) is 2.21. The minimum absolute atomic E-state index is 0.0719. The number of aliphatic hydroxyl groups excluding tert-OH is 2. The Morgan fingerprint density at radius 1 is 0.917 bits per heavy atom. The largest absolute Gasteiger partial charge is 0.393 e. The van der Waals surface area contributed by atoms with Gasteiger partial charge in [-0.3, -0.25) is 4.79 Å². The molecule has 7 heteroatoms. The van der Waals surface area contributed by atoms with Crippen molar-refractivity contribution in [3.8, 4) is 0 Å². The second-order valence-corrected chi connectivity index (χ2v) is 13.0. The Hall–Kier alpha value is -0.730. The van der Waals surface area contributed by atoms with Gasteiger partial charge in [-0.15, -0.1) is 0 Å². The third-order valence-corrected chi connectivity index (χ3v) is 10.6. The van der Waals surface area contributed by atoms with Crippen molar-refractivity contribution in [1.82, 2.24) is 14.7 Å². The van der Waals surface area contributed by atoms with Crippen molar-refractivity contribution >= 4 is 5.91 Å². The molecule has 5 aliphatic rings. The van der Waals surface area contributed by atoms with Gasteiger partial charge in [-0.25, -0.2) is 0 Å². The fourth-order valence-corrected chi connectivity index (χ4v) is 8.11. The maximum Gasteiger partial charge on any atom is 0.230 e. The van der Waals surface area contributed by atoms with Crippen LogP contribution < -0.4 is 0 Å². The van der Waals surface area contributed by atoms with Crippen LogP contribution in [0.25, 0.3) is 0 Å². The van der Waals surface area contributed by atoms with Crippen molar-refractivity contribution in [1.29, 1.82) is 0 Å². The molecule has 5 fully saturated rings. The molecule has 3 aliphatic carbocycles. The molecule has 7 nitrogen and oxygen atoms in total. The molecule has 2 N–H and O–H groups in total. The first-order chi connectivity index (χ1) is 17.4. The van der Waals surface area contributed by atoms with Crippen LogP contribution in [0.1, 0.15) is 64.7 Å². The zero-order valence-corrected chi connectivity index (χ0v) is 22.8. The molecule has 0 aromatic carbocycles. The first kappa shape index (κ1) is 26.9. The van der Waals surface area contributed by atoms with E-state index >= 15 is 0 Å². The van der Waals surface area contributed by atoms with Gasteiger partial charge in [0.1, 0.15) is 0 Å². The van der Waals surface area contributed by atoms with Gasteiger partial charge in [0, 0.05) is 64.8 Å². The summed E-state index contributed by atoms with van der Waals surface area (Å²) < 4.78 is 6.44. The van der Waals surface area contributed by atoms with E-state index in [1.165, 1.54) is 57.9 Å². The Morgan fingerprint density at radius 2 is 1.67 bits per heavy atom. The molecule has 0 spiro atoms. The number of likely N-dealkylation sites (tertiary alicyclic amines) is 1. The number of rotatable bonds is 6. The smallest absolute Gasteiger partial charge is 0.230 e. The van der Waals surface area contributed by atoms with E-state index in [-0.39, 0.29) is 18.2 Å². The summed E-state index contributed by atoms with van der Waals surface area (Å²) in [6, 6.07) is 0. The topological polar surface area (TPSA) is 76.5 Å². The number of hydrogen-bond donors (Lipinski definition) is 2. The zero-order valence-electron chi connectivity index (χ0n) is 22.8. The fraction of sp³-hybridized carbons (Fsp3) is 0.966. The SMILES string of the molecule is CC1C(O)CC(O)C(C(=O)N2CC3CCCC(CN4CCN(C)CC4)C3C2)C1OCC1CCCCC1. The molecule has 1 amide bonds. The van der Waals surface area contributed by atoms with E-state index in [1.54, 1.807) is 0 Å². The third-order valence-electron chi connectivity index (χ3n) is 10.6. The molecule has 2 saturated heterocycles. The predicted molar refractivity (Wildman–Crippen MR) is 140 cm³/mol. The first-order valence-electron chi connectivity index (χ1n) is 15.1. The summed E-state index contributed by atoms with van der Waals surface area (Å²) >= 11 is 0. The summed E-state index contributed by atoms with van der Waals surface area (Å²) in [5.41, 5.74) is 0. The summed E-state index contributed by atoms with van der Waals surface area (Å²) in [5.74, 6) is 1.76. The number of amides is 1. The molecule has 206 valence electrons. The molecule has 5 rings (SSSR count). The number of ether oxygens (including phenoxy) is 1. The van der Waals surface area contributed by atoms with Crippen LogP contribution in [0.4, 0.5) is 0 Å². The minimum atomic E-state index is -0.830. The van der Waals surface area contributed by atoms with Crippen LogP contribution in [0.2, 0.25) is 0 Å². The molecular weight excluding hydrogens is 454 g/mol. The van der Waals surface area contributed by atoms with Gasteiger partial charge in [0.25, 0.3) is 0 Å². The van der Waals surface area contributed by atoms with Gasteiger partial charge in [-0.2, -0.15) is 0 Å². The second kappa shape index (κ2) is 12.0. The first-order valence-corrected chi connectivity index (χ1v) is 15.1. The lowest BCUT2D eigenvalue weighted by Crippen LogP contribution is -2.56. The molecule has 0 radical (unpaired) electrons. The molecule has 2 aliphatic heterocycles. The molecule has 2 heterocycles. The predicted octanol–water partition coefficient (Wildman–Crippen LogP) is 2.45. The van der Waals surface area contributed by atoms with E-state index in [1.807, 2.05) is 6.92 Å². The van der Waals surface area contributed by atoms with Gasteiger partial charge < -0.3 is 29.6 Å². The van der Waals surface area contributed by atoms with E-state index in [4.69, 9.17) is 4.74 Å². The van der Waals surface area contributed by atoms with Crippen LogP contribution in [0, 0.1) is 35.5 Å². The number of likely N-dealkylation sites (N-methyl/N-ethyl adjacent to an activating group) is 1. The molecule has 0 aromatic heterocycles. The van der Waals surface area contributed by atoms with E-state index in [2.05, 4.69) is 21.7 Å². The average Bonchev–Trinajstić information content (AvgIpc) is 3.32. The average molecular weight is 506 g/mol. The minimum Gasteiger partial charge on any atom is -0.393 e. The normalized spacial score (nSPS) is 41.4. The molecular formula is C29H51N3O4. The molecule has 0 bridgehead atoms. The van der Waals surface area contributed by atoms with Crippen LogP contribution in [0.15, 0.2) is 0 Å². The Morgan fingerprint density at radius 3 is 2.42 bits per heavy atom. The lowest BCUT2D eigenvalue weighted by Gasteiger charge is -2.43. The van der Waals surface area contributed by atoms with Gasteiger partial charge >= 0.3 is 0 Å². The Balaban J connectivity index is 1.23. The summed E-state index contributed by atoms with van der Waals surface area (Å²) in [4.78, 5) is 21.1. The van der Waals surface area contributed by atoms with Gasteiger partial charge in [0.05, 0.1) is 24.2 Å². The van der Waals surface area contributed by atoms with Crippen LogP contribution in [-0.4, -0.2) is 109 Å². The molecule has 8 unspecified atom stereocenters. The molecule has 3 saturated carbocycles. The summed E-state index contributed by atoms with van der Waals surface area (Å²) in [5, 5.41) is 21.7. The van der Waals surface area contributed by atoms with E-state index in [0.29, 0.717) is 30.3 Å².